The molecule has 4 heteroatoms. The van der Waals surface area contributed by atoms with Gasteiger partial charge >= 0.3 is 0 Å². The van der Waals surface area contributed by atoms with E-state index in [1.54, 1.807) is 0 Å². The molecular formula is C11H15BrN2O. The summed E-state index contributed by atoms with van der Waals surface area (Å²) >= 11 is 3.40. The van der Waals surface area contributed by atoms with E-state index in [9.17, 15) is 4.79 Å². The molecule has 82 valence electrons. The minimum absolute atomic E-state index is 0.0208. The summed E-state index contributed by atoms with van der Waals surface area (Å²) in [6.45, 7) is 1.07. The molecule has 0 radical (unpaired) electrons. The SMILES string of the molecule is NCCC(=O)NCCc1cccc(Br)c1. The largest absolute Gasteiger partial charge is 0.356 e. The first-order valence-electron chi connectivity index (χ1n) is 4.93. The molecule has 0 unspecified atom stereocenters. The van der Waals surface area contributed by atoms with E-state index in [1.807, 2.05) is 18.2 Å². The molecule has 0 spiro atoms. The number of hydrogen-bond donors (Lipinski definition) is 2. The summed E-state index contributed by atoms with van der Waals surface area (Å²) in [5.41, 5.74) is 6.47. The van der Waals surface area contributed by atoms with Crippen LogP contribution in [0.1, 0.15) is 12.0 Å². The summed E-state index contributed by atoms with van der Waals surface area (Å²) in [6.07, 6.45) is 1.24. The number of nitrogens with two attached hydrogens (primary N) is 1. The molecule has 0 aliphatic carbocycles. The minimum Gasteiger partial charge on any atom is -0.356 e. The third kappa shape index (κ3) is 4.95. The first-order chi connectivity index (χ1) is 7.22. The van der Waals surface area contributed by atoms with Crippen molar-refractivity contribution in [1.29, 1.82) is 0 Å². The van der Waals surface area contributed by atoms with Crippen LogP contribution in [-0.2, 0) is 11.2 Å². The highest BCUT2D eigenvalue weighted by Crippen LogP contribution is 2.11. The molecule has 0 aliphatic heterocycles. The second kappa shape index (κ2) is 6.58. The highest BCUT2D eigenvalue weighted by molar-refractivity contribution is 9.10. The Balaban J connectivity index is 2.28. The van der Waals surface area contributed by atoms with E-state index in [4.69, 9.17) is 5.73 Å². The fraction of sp³-hybridized carbons (Fsp3) is 0.364. The Morgan fingerprint density at radius 3 is 2.93 bits per heavy atom. The molecule has 0 bridgehead atoms. The van der Waals surface area contributed by atoms with Crippen molar-refractivity contribution in [2.24, 2.45) is 5.73 Å². The van der Waals surface area contributed by atoms with Crippen LogP contribution in [0.25, 0.3) is 0 Å². The minimum atomic E-state index is 0.0208. The third-order valence-corrected chi connectivity index (χ3v) is 2.49. The predicted molar refractivity (Wildman–Crippen MR) is 64.5 cm³/mol. The second-order valence-corrected chi connectivity index (χ2v) is 4.18. The van der Waals surface area contributed by atoms with Gasteiger partial charge in [-0.1, -0.05) is 28.1 Å². The molecule has 3 N–H and O–H groups in total. The van der Waals surface area contributed by atoms with Gasteiger partial charge < -0.3 is 11.1 Å². The van der Waals surface area contributed by atoms with Gasteiger partial charge in [0.05, 0.1) is 0 Å². The predicted octanol–water partition coefficient (Wildman–Crippen LogP) is 1.46. The van der Waals surface area contributed by atoms with E-state index in [0.717, 1.165) is 10.9 Å². The maximum absolute atomic E-state index is 11.1. The van der Waals surface area contributed by atoms with Crippen molar-refractivity contribution in [3.63, 3.8) is 0 Å². The zero-order chi connectivity index (χ0) is 11.1. The van der Waals surface area contributed by atoms with E-state index in [0.29, 0.717) is 19.5 Å². The maximum atomic E-state index is 11.1. The Bertz CT molecular complexity index is 328. The van der Waals surface area contributed by atoms with E-state index in [2.05, 4.69) is 27.3 Å². The molecule has 0 atom stereocenters. The van der Waals surface area contributed by atoms with E-state index < -0.39 is 0 Å². The number of carbonyl (C=O) groups is 1. The molecule has 1 aromatic carbocycles. The van der Waals surface area contributed by atoms with Crippen molar-refractivity contribution in [3.05, 3.63) is 34.3 Å². The molecule has 3 nitrogen and oxygen atoms in total. The van der Waals surface area contributed by atoms with E-state index >= 15 is 0 Å². The van der Waals surface area contributed by atoms with Crippen LogP contribution < -0.4 is 11.1 Å². The molecule has 0 saturated heterocycles. The summed E-state index contributed by atoms with van der Waals surface area (Å²) in [4.78, 5) is 11.1. The average Bonchev–Trinajstić information content (AvgIpc) is 2.18. The normalized spacial score (nSPS) is 10.0. The molecule has 1 amide bonds. The topological polar surface area (TPSA) is 55.1 Å². The highest BCUT2D eigenvalue weighted by Gasteiger charge is 1.98. The van der Waals surface area contributed by atoms with Crippen molar-refractivity contribution in [3.8, 4) is 0 Å². The van der Waals surface area contributed by atoms with Gasteiger partial charge in [-0.2, -0.15) is 0 Å². The van der Waals surface area contributed by atoms with Gasteiger partial charge in [0.25, 0.3) is 0 Å². The van der Waals surface area contributed by atoms with Crippen LogP contribution in [0.4, 0.5) is 0 Å². The third-order valence-electron chi connectivity index (χ3n) is 2.00. The van der Waals surface area contributed by atoms with Crippen LogP contribution in [0.5, 0.6) is 0 Å². The van der Waals surface area contributed by atoms with Crippen LogP contribution in [0, 0.1) is 0 Å². The Morgan fingerprint density at radius 2 is 2.27 bits per heavy atom. The van der Waals surface area contributed by atoms with Gasteiger partial charge in [-0.25, -0.2) is 0 Å². The van der Waals surface area contributed by atoms with Crippen molar-refractivity contribution >= 4 is 21.8 Å². The van der Waals surface area contributed by atoms with E-state index in [1.165, 1.54) is 5.56 Å². The Kier molecular flexibility index (Phi) is 5.36. The number of rotatable bonds is 5. The fourth-order valence-electron chi connectivity index (χ4n) is 1.26. The van der Waals surface area contributed by atoms with Crippen molar-refractivity contribution in [2.75, 3.05) is 13.1 Å². The van der Waals surface area contributed by atoms with Gasteiger partial charge in [0, 0.05) is 24.0 Å². The smallest absolute Gasteiger partial charge is 0.221 e. The van der Waals surface area contributed by atoms with E-state index in [-0.39, 0.29) is 5.91 Å². The number of halogens is 1. The first kappa shape index (κ1) is 12.2. The molecule has 0 aromatic heterocycles. The second-order valence-electron chi connectivity index (χ2n) is 3.27. The fourth-order valence-corrected chi connectivity index (χ4v) is 1.70. The molecule has 15 heavy (non-hydrogen) atoms. The summed E-state index contributed by atoms with van der Waals surface area (Å²) in [5, 5.41) is 2.82. The summed E-state index contributed by atoms with van der Waals surface area (Å²) in [7, 11) is 0. The monoisotopic (exact) mass is 270 g/mol. The number of carbonyl (C=O) groups excluding carboxylic acids is 1. The number of nitrogens with one attached hydrogen (secondary N) is 1. The lowest BCUT2D eigenvalue weighted by Gasteiger charge is -2.04. The number of amides is 1. The molecule has 0 saturated carbocycles. The van der Waals surface area contributed by atoms with Crippen LogP contribution in [0.3, 0.4) is 0 Å². The maximum Gasteiger partial charge on any atom is 0.221 e. The van der Waals surface area contributed by atoms with Crippen LogP contribution >= 0.6 is 15.9 Å². The molecule has 0 aliphatic rings. The lowest BCUT2D eigenvalue weighted by Crippen LogP contribution is -2.27. The van der Waals surface area contributed by atoms with Gasteiger partial charge in [0.2, 0.25) is 5.91 Å². The van der Waals surface area contributed by atoms with Gasteiger partial charge in [-0.3, -0.25) is 4.79 Å². The first-order valence-corrected chi connectivity index (χ1v) is 5.73. The van der Waals surface area contributed by atoms with Gasteiger partial charge in [-0.05, 0) is 24.1 Å². The number of hydrogen-bond acceptors (Lipinski definition) is 2. The Labute approximate surface area is 98.2 Å². The van der Waals surface area contributed by atoms with Crippen LogP contribution in [0.2, 0.25) is 0 Å². The van der Waals surface area contributed by atoms with Gasteiger partial charge in [0.1, 0.15) is 0 Å². The standard InChI is InChI=1S/C11H15BrN2O/c12-10-3-1-2-9(8-10)5-7-14-11(15)4-6-13/h1-3,8H,4-7,13H2,(H,14,15). The summed E-state index contributed by atoms with van der Waals surface area (Å²) in [5.74, 6) is 0.0208. The zero-order valence-corrected chi connectivity index (χ0v) is 10.1. The molecular weight excluding hydrogens is 256 g/mol. The highest BCUT2D eigenvalue weighted by atomic mass is 79.9. The van der Waals surface area contributed by atoms with Crippen LogP contribution in [0.15, 0.2) is 28.7 Å². The Hall–Kier alpha value is -0.870. The van der Waals surface area contributed by atoms with Crippen LogP contribution in [-0.4, -0.2) is 19.0 Å². The summed E-state index contributed by atoms with van der Waals surface area (Å²) < 4.78 is 1.06. The lowest BCUT2D eigenvalue weighted by molar-refractivity contribution is -0.120. The average molecular weight is 271 g/mol. The van der Waals surface area contributed by atoms with Gasteiger partial charge in [0.15, 0.2) is 0 Å². The lowest BCUT2D eigenvalue weighted by atomic mass is 10.1. The van der Waals surface area contributed by atoms with Gasteiger partial charge in [-0.15, -0.1) is 0 Å². The zero-order valence-electron chi connectivity index (χ0n) is 8.50. The molecule has 1 aromatic rings. The quantitative estimate of drug-likeness (QED) is 0.851. The Morgan fingerprint density at radius 1 is 1.47 bits per heavy atom. The molecule has 0 heterocycles. The summed E-state index contributed by atoms with van der Waals surface area (Å²) in [6, 6.07) is 8.06. The van der Waals surface area contributed by atoms with Crippen molar-refractivity contribution in [2.45, 2.75) is 12.8 Å². The van der Waals surface area contributed by atoms with Crippen molar-refractivity contribution in [1.82, 2.24) is 5.32 Å². The van der Waals surface area contributed by atoms with Crippen molar-refractivity contribution < 1.29 is 4.79 Å². The number of benzene rings is 1. The molecule has 0 fully saturated rings. The molecule has 1 rings (SSSR count).